The Morgan fingerprint density at radius 3 is 2.74 bits per heavy atom. The average molecular weight is 648 g/mol. The summed E-state index contributed by atoms with van der Waals surface area (Å²) in [5.41, 5.74) is 1.63. The summed E-state index contributed by atoms with van der Waals surface area (Å²) in [6.07, 6.45) is 3.83. The van der Waals surface area contributed by atoms with Crippen LogP contribution >= 0.6 is 11.6 Å². The molecule has 1 N–H and O–H groups in total. The van der Waals surface area contributed by atoms with Crippen LogP contribution in [0.5, 0.6) is 6.01 Å². The maximum atomic E-state index is 14.8. The molecule has 0 saturated carbocycles. The molecule has 12 heteroatoms. The first-order valence-electron chi connectivity index (χ1n) is 15.7. The molecule has 1 unspecified atom stereocenters. The molecule has 0 bridgehead atoms. The molecule has 3 aliphatic heterocycles. The SMILES string of the molecule is [C-]#[N+]C[C@H]1CN(c2nc(OC[C@@H]3CC(C)(F)CN3C)nc3c2CCN(c2cccc4cccc(Cl)c24)C3)CCN1C(=O)/C=C/CO. The first-order chi connectivity index (χ1) is 22.2. The Balaban J connectivity index is 1.32. The van der Waals surface area contributed by atoms with Crippen LogP contribution in [0.1, 0.15) is 24.6 Å². The third kappa shape index (κ3) is 6.61. The van der Waals surface area contributed by atoms with E-state index in [-0.39, 0.29) is 43.8 Å². The number of benzene rings is 2. The normalized spacial score (nSPS) is 23.6. The largest absolute Gasteiger partial charge is 0.462 e. The molecular weight excluding hydrogens is 609 g/mol. The Morgan fingerprint density at radius 1 is 1.20 bits per heavy atom. The number of piperazine rings is 1. The van der Waals surface area contributed by atoms with E-state index in [1.807, 2.05) is 30.1 Å². The van der Waals surface area contributed by atoms with Crippen molar-refractivity contribution >= 4 is 39.8 Å². The van der Waals surface area contributed by atoms with Gasteiger partial charge in [0.2, 0.25) is 12.5 Å². The number of anilines is 2. The maximum Gasteiger partial charge on any atom is 0.318 e. The zero-order chi connectivity index (χ0) is 32.4. The molecule has 2 aromatic carbocycles. The minimum atomic E-state index is -1.27. The summed E-state index contributed by atoms with van der Waals surface area (Å²) in [4.78, 5) is 34.4. The molecule has 3 aromatic rings. The van der Waals surface area contributed by atoms with Gasteiger partial charge in [0, 0.05) is 67.9 Å². The molecule has 3 aliphatic rings. The van der Waals surface area contributed by atoms with Gasteiger partial charge in [0.25, 0.3) is 0 Å². The van der Waals surface area contributed by atoms with Crippen molar-refractivity contribution < 1.29 is 19.0 Å². The highest BCUT2D eigenvalue weighted by atomic mass is 35.5. The predicted molar refractivity (Wildman–Crippen MR) is 177 cm³/mol. The second-order valence-corrected chi connectivity index (χ2v) is 13.0. The van der Waals surface area contributed by atoms with Gasteiger partial charge in [0.15, 0.2) is 0 Å². The molecule has 242 valence electrons. The Bertz CT molecular complexity index is 1670. The quantitative estimate of drug-likeness (QED) is 0.288. The number of rotatable bonds is 8. The van der Waals surface area contributed by atoms with Crippen molar-refractivity contribution in [3.8, 4) is 6.01 Å². The van der Waals surface area contributed by atoms with Crippen molar-refractivity contribution in [3.63, 3.8) is 0 Å². The van der Waals surface area contributed by atoms with Gasteiger partial charge in [-0.15, -0.1) is 0 Å². The zero-order valence-electron chi connectivity index (χ0n) is 26.2. The molecule has 1 aromatic heterocycles. The molecule has 2 saturated heterocycles. The van der Waals surface area contributed by atoms with Gasteiger partial charge in [0.1, 0.15) is 24.1 Å². The molecule has 46 heavy (non-hydrogen) atoms. The van der Waals surface area contributed by atoms with Gasteiger partial charge in [0.05, 0.1) is 23.9 Å². The Kier molecular flexibility index (Phi) is 9.32. The van der Waals surface area contributed by atoms with Crippen LogP contribution in [0.25, 0.3) is 15.6 Å². The summed E-state index contributed by atoms with van der Waals surface area (Å²) < 4.78 is 21.0. The number of carbonyl (C=O) groups is 1. The lowest BCUT2D eigenvalue weighted by atomic mass is 10.0. The fraction of sp³-hybridized carbons (Fsp3) is 0.471. The highest BCUT2D eigenvalue weighted by molar-refractivity contribution is 6.36. The van der Waals surface area contributed by atoms with Crippen molar-refractivity contribution in [2.45, 2.75) is 44.1 Å². The van der Waals surface area contributed by atoms with E-state index < -0.39 is 5.67 Å². The number of ether oxygens (including phenoxy) is 1. The van der Waals surface area contributed by atoms with Gasteiger partial charge in [-0.1, -0.05) is 41.9 Å². The second kappa shape index (κ2) is 13.4. The van der Waals surface area contributed by atoms with E-state index in [0.29, 0.717) is 50.6 Å². The lowest BCUT2D eigenvalue weighted by Gasteiger charge is -2.41. The predicted octanol–water partition coefficient (Wildman–Crippen LogP) is 4.14. The molecule has 3 atom stereocenters. The number of aliphatic hydroxyl groups excluding tert-OH is 1. The number of alkyl halides is 1. The smallest absolute Gasteiger partial charge is 0.318 e. The van der Waals surface area contributed by atoms with Crippen LogP contribution in [-0.2, 0) is 17.8 Å². The van der Waals surface area contributed by atoms with Crippen LogP contribution in [0, 0.1) is 6.57 Å². The molecule has 0 radical (unpaired) electrons. The van der Waals surface area contributed by atoms with Crippen molar-refractivity contribution in [2.24, 2.45) is 0 Å². The number of likely N-dealkylation sites (tertiary alicyclic amines) is 1. The number of nitrogens with zero attached hydrogens (tertiary/aromatic N) is 7. The average Bonchev–Trinajstić information content (AvgIpc) is 3.32. The molecule has 1 amide bonds. The van der Waals surface area contributed by atoms with E-state index in [0.717, 1.165) is 40.1 Å². The summed E-state index contributed by atoms with van der Waals surface area (Å²) in [6.45, 7) is 12.3. The van der Waals surface area contributed by atoms with Gasteiger partial charge in [-0.25, -0.2) is 11.0 Å². The van der Waals surface area contributed by atoms with E-state index in [2.05, 4.69) is 32.8 Å². The number of hydrogen-bond acceptors (Lipinski definition) is 8. The van der Waals surface area contributed by atoms with Crippen LogP contribution in [0.15, 0.2) is 48.6 Å². The van der Waals surface area contributed by atoms with Crippen LogP contribution in [0.4, 0.5) is 15.9 Å². The molecule has 0 spiro atoms. The van der Waals surface area contributed by atoms with Crippen molar-refractivity contribution in [2.75, 3.05) is 69.3 Å². The summed E-state index contributed by atoms with van der Waals surface area (Å²) >= 11 is 6.70. The molecule has 6 rings (SSSR count). The molecule has 4 heterocycles. The van der Waals surface area contributed by atoms with E-state index in [1.165, 1.54) is 12.2 Å². The van der Waals surface area contributed by atoms with Gasteiger partial charge in [-0.2, -0.15) is 9.97 Å². The number of halogens is 2. The number of carbonyl (C=O) groups excluding carboxylic acids is 1. The minimum absolute atomic E-state index is 0.100. The van der Waals surface area contributed by atoms with E-state index in [9.17, 15) is 9.18 Å². The third-order valence-corrected chi connectivity index (χ3v) is 9.51. The molecule has 0 aliphatic carbocycles. The minimum Gasteiger partial charge on any atom is -0.462 e. The number of hydrogen-bond donors (Lipinski definition) is 1. The van der Waals surface area contributed by atoms with Gasteiger partial charge in [-0.05, 0) is 37.9 Å². The summed E-state index contributed by atoms with van der Waals surface area (Å²) in [6, 6.07) is 11.9. The molecular formula is C34H39ClFN7O3. The number of aromatic nitrogens is 2. The number of fused-ring (bicyclic) bond motifs is 2. The van der Waals surface area contributed by atoms with Gasteiger partial charge >= 0.3 is 6.01 Å². The van der Waals surface area contributed by atoms with Crippen molar-refractivity contribution in [1.29, 1.82) is 0 Å². The first-order valence-corrected chi connectivity index (χ1v) is 16.1. The summed E-state index contributed by atoms with van der Waals surface area (Å²) in [7, 11) is 1.90. The maximum absolute atomic E-state index is 14.8. The fourth-order valence-electron chi connectivity index (χ4n) is 7.03. The monoisotopic (exact) mass is 647 g/mol. The van der Waals surface area contributed by atoms with Gasteiger partial charge in [-0.3, -0.25) is 9.69 Å². The van der Waals surface area contributed by atoms with E-state index in [1.54, 1.807) is 11.8 Å². The van der Waals surface area contributed by atoms with Crippen LogP contribution in [-0.4, -0.2) is 108 Å². The number of aliphatic hydroxyl groups is 1. The second-order valence-electron chi connectivity index (χ2n) is 12.6. The fourth-order valence-corrected chi connectivity index (χ4v) is 7.31. The van der Waals surface area contributed by atoms with Crippen molar-refractivity contribution in [3.05, 3.63) is 76.2 Å². The third-order valence-electron chi connectivity index (χ3n) is 9.20. The highest BCUT2D eigenvalue weighted by Gasteiger charge is 2.40. The Morgan fingerprint density at radius 2 is 2.00 bits per heavy atom. The summed E-state index contributed by atoms with van der Waals surface area (Å²) in [5, 5.41) is 11.9. The standard InChI is InChI=1S/C34H39ClFN7O3/c1-34(36)17-24(40(3)22-34)21-46-33-38-28-20-41(29-10-5-8-23-7-4-9-27(35)31(23)29)13-12-26(28)32(39-33)42-14-15-43(25(19-42)18-37-2)30(45)11-6-16-44/h4-11,24-25,44H,12-22H2,1,3H3/b11-6+/t24-,25-,34?/m0/s1. The molecule has 10 nitrogen and oxygen atoms in total. The highest BCUT2D eigenvalue weighted by Crippen LogP contribution is 2.37. The van der Waals surface area contributed by atoms with Crippen LogP contribution in [0.2, 0.25) is 5.02 Å². The number of amides is 1. The van der Waals surface area contributed by atoms with Crippen LogP contribution in [0.3, 0.4) is 0 Å². The number of likely N-dealkylation sites (N-methyl/N-ethyl adjacent to an activating group) is 1. The van der Waals surface area contributed by atoms with Gasteiger partial charge < -0.3 is 29.4 Å². The lowest BCUT2D eigenvalue weighted by molar-refractivity contribution is -0.128. The lowest BCUT2D eigenvalue weighted by Crippen LogP contribution is -2.56. The zero-order valence-corrected chi connectivity index (χ0v) is 27.0. The first kappa shape index (κ1) is 32.0. The Labute approximate surface area is 273 Å². The Hall–Kier alpha value is -3.98. The van der Waals surface area contributed by atoms with Crippen LogP contribution < -0.4 is 14.5 Å². The summed E-state index contributed by atoms with van der Waals surface area (Å²) in [5.74, 6) is 0.528. The van der Waals surface area contributed by atoms with E-state index >= 15 is 0 Å². The molecule has 2 fully saturated rings. The van der Waals surface area contributed by atoms with Crippen molar-refractivity contribution in [1.82, 2.24) is 19.8 Å². The topological polar surface area (TPSA) is 89.6 Å². The van der Waals surface area contributed by atoms with E-state index in [4.69, 9.17) is 38.0 Å².